The van der Waals surface area contributed by atoms with Crippen LogP contribution in [0.5, 0.6) is 0 Å². The van der Waals surface area contributed by atoms with Gasteiger partial charge in [0.1, 0.15) is 12.6 Å². The largest absolute Gasteiger partial charge is 0.434 e. The van der Waals surface area contributed by atoms with Gasteiger partial charge in [0.15, 0.2) is 22.9 Å². The maximum absolute atomic E-state index is 13.9. The third-order valence-electron chi connectivity index (χ3n) is 9.02. The second kappa shape index (κ2) is 10.2. The van der Waals surface area contributed by atoms with Gasteiger partial charge < -0.3 is 14.8 Å². The number of benzene rings is 1. The average Bonchev–Trinajstić information content (AvgIpc) is 3.25. The number of piperidine rings is 1. The molecular formula is C32H29F3N8O3. The average molecular weight is 631 g/mol. The number of carbonyl (C=O) groups is 3. The zero-order chi connectivity index (χ0) is 32.7. The number of likely N-dealkylation sites (tertiary alicyclic amines) is 1. The Morgan fingerprint density at radius 3 is 2.57 bits per heavy atom. The van der Waals surface area contributed by atoms with Crippen LogP contribution in [0, 0.1) is 19.3 Å². The van der Waals surface area contributed by atoms with Crippen molar-refractivity contribution in [1.82, 2.24) is 34.0 Å². The highest BCUT2D eigenvalue weighted by molar-refractivity contribution is 6.09. The molecule has 0 spiro atoms. The van der Waals surface area contributed by atoms with Crippen LogP contribution < -0.4 is 5.32 Å². The molecule has 2 fully saturated rings. The highest BCUT2D eigenvalue weighted by atomic mass is 19.4. The van der Waals surface area contributed by atoms with Crippen LogP contribution in [0.1, 0.15) is 54.0 Å². The molecule has 2 amide bonds. The van der Waals surface area contributed by atoms with Gasteiger partial charge >= 0.3 is 6.18 Å². The Balaban J connectivity index is 1.19. The third kappa shape index (κ3) is 4.97. The summed E-state index contributed by atoms with van der Waals surface area (Å²) in [7, 11) is 0. The number of nitrogens with one attached hydrogen (secondary N) is 1. The number of hydrogen-bond donors (Lipinski definition) is 1. The number of alkyl halides is 3. The van der Waals surface area contributed by atoms with Gasteiger partial charge in [-0.15, -0.1) is 0 Å². The number of aryl methyl sites for hydroxylation is 2. The number of fused-ring (bicyclic) bond motifs is 3. The van der Waals surface area contributed by atoms with Crippen molar-refractivity contribution in [2.75, 3.05) is 5.32 Å². The van der Waals surface area contributed by atoms with Gasteiger partial charge in [-0.25, -0.2) is 14.5 Å². The molecule has 14 heteroatoms. The van der Waals surface area contributed by atoms with E-state index in [1.165, 1.54) is 11.8 Å². The van der Waals surface area contributed by atoms with Crippen LogP contribution >= 0.6 is 0 Å². The summed E-state index contributed by atoms with van der Waals surface area (Å²) < 4.78 is 42.9. The first-order valence-corrected chi connectivity index (χ1v) is 14.7. The Morgan fingerprint density at radius 1 is 1.04 bits per heavy atom. The topological polar surface area (TPSA) is 127 Å². The minimum Gasteiger partial charge on any atom is -0.337 e. The van der Waals surface area contributed by atoms with Gasteiger partial charge in [0.25, 0.3) is 0 Å². The van der Waals surface area contributed by atoms with Gasteiger partial charge in [-0.2, -0.15) is 18.3 Å². The van der Waals surface area contributed by atoms with Crippen molar-refractivity contribution in [3.8, 4) is 11.1 Å². The van der Waals surface area contributed by atoms with E-state index in [-0.39, 0.29) is 35.5 Å². The Bertz CT molecular complexity index is 2100. The Kier molecular flexibility index (Phi) is 6.55. The van der Waals surface area contributed by atoms with Crippen LogP contribution in [0.3, 0.4) is 0 Å². The number of aromatic nitrogens is 6. The number of ketones is 1. The molecule has 1 saturated heterocycles. The SMILES string of the molecule is CC(=O)c1cn(CC(=O)N2[C@H](C(=O)Nc3cncc(C(F)(F)F)n3)C[C@@]3(C)C[C@@H]23)c2c(C)cc(-c3cnc4cc(C)nn4c3)cc12. The van der Waals surface area contributed by atoms with E-state index in [1.54, 1.807) is 21.5 Å². The molecule has 46 heavy (non-hydrogen) atoms. The molecule has 1 aliphatic carbocycles. The molecule has 3 atom stereocenters. The molecule has 1 aliphatic heterocycles. The van der Waals surface area contributed by atoms with E-state index in [9.17, 15) is 27.6 Å². The number of hydrogen-bond acceptors (Lipinski definition) is 7. The van der Waals surface area contributed by atoms with Crippen LogP contribution in [0.2, 0.25) is 0 Å². The predicted octanol–water partition coefficient (Wildman–Crippen LogP) is 5.00. The van der Waals surface area contributed by atoms with E-state index in [2.05, 4.69) is 25.4 Å². The molecule has 236 valence electrons. The van der Waals surface area contributed by atoms with Gasteiger partial charge in [0.2, 0.25) is 11.8 Å². The molecule has 0 unspecified atom stereocenters. The van der Waals surface area contributed by atoms with E-state index < -0.39 is 23.8 Å². The monoisotopic (exact) mass is 630 g/mol. The highest BCUT2D eigenvalue weighted by Crippen LogP contribution is 2.59. The Hall–Kier alpha value is -5.14. The maximum Gasteiger partial charge on any atom is 0.434 e. The molecule has 0 bridgehead atoms. The molecule has 1 N–H and O–H groups in total. The van der Waals surface area contributed by atoms with Crippen molar-refractivity contribution in [3.05, 3.63) is 71.7 Å². The van der Waals surface area contributed by atoms with Gasteiger partial charge in [-0.1, -0.05) is 6.92 Å². The van der Waals surface area contributed by atoms with Crippen molar-refractivity contribution in [1.29, 1.82) is 0 Å². The first-order chi connectivity index (χ1) is 21.7. The second-order valence-corrected chi connectivity index (χ2v) is 12.5. The number of anilines is 1. The minimum atomic E-state index is -4.72. The Labute approximate surface area is 260 Å². The van der Waals surface area contributed by atoms with Crippen molar-refractivity contribution >= 4 is 40.0 Å². The van der Waals surface area contributed by atoms with Gasteiger partial charge in [-0.3, -0.25) is 19.4 Å². The Morgan fingerprint density at radius 2 is 1.83 bits per heavy atom. The number of rotatable bonds is 6. The van der Waals surface area contributed by atoms with Crippen molar-refractivity contribution < 1.29 is 27.6 Å². The maximum atomic E-state index is 13.9. The summed E-state index contributed by atoms with van der Waals surface area (Å²) in [4.78, 5) is 53.1. The quantitative estimate of drug-likeness (QED) is 0.262. The molecule has 2 aliphatic rings. The van der Waals surface area contributed by atoms with Crippen LogP contribution in [-0.2, 0) is 22.3 Å². The number of halogens is 3. The summed E-state index contributed by atoms with van der Waals surface area (Å²) in [6, 6.07) is 4.66. The number of carbonyl (C=O) groups excluding carboxylic acids is 3. The normalized spacial score (nSPS) is 20.7. The van der Waals surface area contributed by atoms with Crippen molar-refractivity contribution in [2.24, 2.45) is 5.41 Å². The van der Waals surface area contributed by atoms with E-state index in [0.29, 0.717) is 35.5 Å². The van der Waals surface area contributed by atoms with Gasteiger partial charge in [0, 0.05) is 47.2 Å². The molecule has 0 radical (unpaired) electrons. The standard InChI is InChI=1S/C32H29F3N8O3/c1-16-5-19(20-10-37-27-6-17(2)40-42(27)13-20)7-21-22(18(3)44)14-41(29(16)21)15-28(45)43-23(8-31(4)9-25(31)43)30(46)39-26-12-36-11-24(38-26)32(33,34)35/h5-7,10-14,23,25H,8-9,15H2,1-4H3,(H,38,39,46)/t23-,25+,31-/m0/s1. The fraction of sp³-hybridized carbons (Fsp3) is 0.344. The summed E-state index contributed by atoms with van der Waals surface area (Å²) >= 11 is 0. The molecule has 7 rings (SSSR count). The lowest BCUT2D eigenvalue weighted by Gasteiger charge is -2.27. The van der Waals surface area contributed by atoms with Crippen LogP contribution in [0.15, 0.2) is 49.2 Å². The van der Waals surface area contributed by atoms with Crippen LogP contribution in [-0.4, -0.2) is 63.7 Å². The molecule has 4 aromatic heterocycles. The zero-order valence-electron chi connectivity index (χ0n) is 25.4. The smallest absolute Gasteiger partial charge is 0.337 e. The molecule has 5 aromatic rings. The first kappa shape index (κ1) is 29.6. The molecule has 1 aromatic carbocycles. The second-order valence-electron chi connectivity index (χ2n) is 12.5. The summed E-state index contributed by atoms with van der Waals surface area (Å²) in [5, 5.41) is 7.56. The van der Waals surface area contributed by atoms with E-state index in [0.717, 1.165) is 34.2 Å². The van der Waals surface area contributed by atoms with Crippen molar-refractivity contribution in [3.63, 3.8) is 0 Å². The minimum absolute atomic E-state index is 0.135. The highest BCUT2D eigenvalue weighted by Gasteiger charge is 2.64. The fourth-order valence-electron chi connectivity index (χ4n) is 6.73. The summed E-state index contributed by atoms with van der Waals surface area (Å²) in [6.45, 7) is 7.11. The molecule has 1 saturated carbocycles. The lowest BCUT2D eigenvalue weighted by Crippen LogP contribution is -2.46. The summed E-state index contributed by atoms with van der Waals surface area (Å²) in [6.07, 6.45) is 3.26. The van der Waals surface area contributed by atoms with Gasteiger partial charge in [0.05, 0.1) is 23.6 Å². The third-order valence-corrected chi connectivity index (χ3v) is 9.02. The van der Waals surface area contributed by atoms with Crippen LogP contribution in [0.4, 0.5) is 19.0 Å². The molecule has 5 heterocycles. The van der Waals surface area contributed by atoms with E-state index in [1.807, 2.05) is 45.2 Å². The zero-order valence-corrected chi connectivity index (χ0v) is 25.4. The van der Waals surface area contributed by atoms with E-state index in [4.69, 9.17) is 0 Å². The lowest BCUT2D eigenvalue weighted by atomic mass is 10.0. The summed E-state index contributed by atoms with van der Waals surface area (Å²) in [5.74, 6) is -1.47. The molecular weight excluding hydrogens is 601 g/mol. The summed E-state index contributed by atoms with van der Waals surface area (Å²) in [5.41, 5.74) is 3.70. The number of Topliss-reactive ketones (excluding diaryl/α,β-unsaturated/α-hetero) is 1. The molecule has 11 nitrogen and oxygen atoms in total. The lowest BCUT2D eigenvalue weighted by molar-refractivity contribution is -0.141. The van der Waals surface area contributed by atoms with Crippen molar-refractivity contribution in [2.45, 2.75) is 65.3 Å². The fourth-order valence-corrected chi connectivity index (χ4v) is 6.73. The van der Waals surface area contributed by atoms with Gasteiger partial charge in [-0.05, 0) is 62.3 Å². The van der Waals surface area contributed by atoms with E-state index >= 15 is 0 Å². The number of amides is 2. The van der Waals surface area contributed by atoms with Crippen LogP contribution in [0.25, 0.3) is 27.7 Å². The first-order valence-electron chi connectivity index (χ1n) is 14.7. The predicted molar refractivity (Wildman–Crippen MR) is 161 cm³/mol. The number of nitrogens with zero attached hydrogens (tertiary/aromatic N) is 7.